The van der Waals surface area contributed by atoms with Crippen LogP contribution in [0.5, 0.6) is 11.5 Å². The Morgan fingerprint density at radius 2 is 1.64 bits per heavy atom. The number of carbonyl (C=O) groups excluding carboxylic acids is 1. The molecule has 2 N–H and O–H groups in total. The molecule has 0 radical (unpaired) electrons. The second-order valence-corrected chi connectivity index (χ2v) is 9.61. The second-order valence-electron chi connectivity index (χ2n) is 9.61. The molecule has 3 aromatic carbocycles. The molecule has 39 heavy (non-hydrogen) atoms. The molecule has 5 rings (SSSR count). The lowest BCUT2D eigenvalue weighted by molar-refractivity contribution is -0.239. The van der Waals surface area contributed by atoms with Gasteiger partial charge in [0.2, 0.25) is 6.29 Å². The van der Waals surface area contributed by atoms with Gasteiger partial charge < -0.3 is 28.7 Å². The van der Waals surface area contributed by atoms with Crippen molar-refractivity contribution >= 4 is 11.8 Å². The number of hydrogen-bond acceptors (Lipinski definition) is 7. The largest absolute Gasteiger partial charge is 0.497 e. The summed E-state index contributed by atoms with van der Waals surface area (Å²) >= 11 is 0. The number of nitrogens with one attached hydrogen (secondary N) is 2. The monoisotopic (exact) mass is 529 g/mol. The Kier molecular flexibility index (Phi) is 7.81. The highest BCUT2D eigenvalue weighted by Gasteiger charge is 2.36. The Labute approximate surface area is 227 Å². The molecule has 1 aliphatic heterocycles. The fourth-order valence-electron chi connectivity index (χ4n) is 4.29. The summed E-state index contributed by atoms with van der Waals surface area (Å²) in [5.74, 6) is 1.67. The summed E-state index contributed by atoms with van der Waals surface area (Å²) in [5, 5.41) is 2.71. The molecule has 0 bridgehead atoms. The zero-order chi connectivity index (χ0) is 27.2. The van der Waals surface area contributed by atoms with Crippen LogP contribution in [0.1, 0.15) is 19.0 Å². The summed E-state index contributed by atoms with van der Waals surface area (Å²) in [4.78, 5) is 20.8. The molecule has 1 saturated heterocycles. The smallest absolute Gasteiger partial charge is 0.411 e. The van der Waals surface area contributed by atoms with E-state index < -0.39 is 17.8 Å². The Hall–Kier alpha value is -4.34. The van der Waals surface area contributed by atoms with Crippen LogP contribution in [0.15, 0.2) is 78.9 Å². The number of carbonyl (C=O) groups is 1. The van der Waals surface area contributed by atoms with Crippen molar-refractivity contribution in [2.45, 2.75) is 13.2 Å². The third-order valence-corrected chi connectivity index (χ3v) is 6.42. The van der Waals surface area contributed by atoms with E-state index in [-0.39, 0.29) is 6.61 Å². The van der Waals surface area contributed by atoms with Crippen LogP contribution in [0.2, 0.25) is 0 Å². The van der Waals surface area contributed by atoms with Crippen LogP contribution in [0.3, 0.4) is 0 Å². The molecule has 202 valence electrons. The normalized spacial score (nSPS) is 18.8. The summed E-state index contributed by atoms with van der Waals surface area (Å²) in [7, 11) is 3.08. The van der Waals surface area contributed by atoms with Crippen molar-refractivity contribution in [3.63, 3.8) is 0 Å². The Morgan fingerprint density at radius 3 is 2.28 bits per heavy atom. The van der Waals surface area contributed by atoms with E-state index in [0.717, 1.165) is 22.5 Å². The molecule has 0 atom stereocenters. The lowest BCUT2D eigenvalue weighted by atomic mass is 9.93. The van der Waals surface area contributed by atoms with E-state index >= 15 is 0 Å². The zero-order valence-corrected chi connectivity index (χ0v) is 22.1. The highest BCUT2D eigenvalue weighted by atomic mass is 16.7. The van der Waals surface area contributed by atoms with Crippen molar-refractivity contribution in [1.82, 2.24) is 9.97 Å². The fourth-order valence-corrected chi connectivity index (χ4v) is 4.29. The van der Waals surface area contributed by atoms with Gasteiger partial charge >= 0.3 is 6.09 Å². The van der Waals surface area contributed by atoms with Crippen LogP contribution >= 0.6 is 0 Å². The number of H-pyrrole nitrogens is 1. The maximum absolute atomic E-state index is 12.5. The Bertz CT molecular complexity index is 1340. The lowest BCUT2D eigenvalue weighted by Gasteiger charge is -2.36. The first-order chi connectivity index (χ1) is 19.0. The van der Waals surface area contributed by atoms with Crippen LogP contribution in [-0.2, 0) is 14.2 Å². The van der Waals surface area contributed by atoms with Crippen molar-refractivity contribution < 1.29 is 28.5 Å². The average Bonchev–Trinajstić information content (AvgIpc) is 3.43. The minimum absolute atomic E-state index is 0.104. The molecular formula is C30H31N3O6. The number of ether oxygens (including phenoxy) is 5. The first-order valence-corrected chi connectivity index (χ1v) is 12.6. The van der Waals surface area contributed by atoms with E-state index in [9.17, 15) is 4.79 Å². The molecule has 9 heteroatoms. The number of benzene rings is 3. The van der Waals surface area contributed by atoms with Gasteiger partial charge in [-0.25, -0.2) is 9.78 Å². The molecule has 9 nitrogen and oxygen atoms in total. The molecule has 1 fully saturated rings. The van der Waals surface area contributed by atoms with E-state index in [1.807, 2.05) is 67.6 Å². The van der Waals surface area contributed by atoms with Gasteiger partial charge in [-0.1, -0.05) is 67.6 Å². The van der Waals surface area contributed by atoms with Gasteiger partial charge in [0.15, 0.2) is 5.82 Å². The Morgan fingerprint density at radius 1 is 0.974 bits per heavy atom. The van der Waals surface area contributed by atoms with Crippen LogP contribution in [0, 0.1) is 5.41 Å². The highest BCUT2D eigenvalue weighted by molar-refractivity contribution is 5.87. The van der Waals surface area contributed by atoms with E-state index in [0.29, 0.717) is 36.2 Å². The van der Waals surface area contributed by atoms with E-state index in [2.05, 4.69) is 10.3 Å². The molecule has 0 unspecified atom stereocenters. The van der Waals surface area contributed by atoms with Gasteiger partial charge in [0.05, 0.1) is 44.5 Å². The predicted molar refractivity (Wildman–Crippen MR) is 147 cm³/mol. The topological polar surface area (TPSA) is 104 Å². The molecule has 4 aromatic rings. The molecule has 1 amide bonds. The van der Waals surface area contributed by atoms with E-state index in [4.69, 9.17) is 28.7 Å². The summed E-state index contributed by atoms with van der Waals surface area (Å²) in [6.45, 7) is 2.68. The fraction of sp³-hybridized carbons (Fsp3) is 0.267. The maximum Gasteiger partial charge on any atom is 0.411 e. The summed E-state index contributed by atoms with van der Waals surface area (Å²) < 4.78 is 28.2. The number of rotatable bonds is 8. The van der Waals surface area contributed by atoms with Crippen LogP contribution < -0.4 is 14.8 Å². The van der Waals surface area contributed by atoms with Crippen LogP contribution in [0.4, 0.5) is 10.5 Å². The quantitative estimate of drug-likeness (QED) is 0.286. The first-order valence-electron chi connectivity index (χ1n) is 12.6. The molecule has 0 spiro atoms. The molecule has 1 aliphatic rings. The van der Waals surface area contributed by atoms with E-state index in [1.54, 1.807) is 25.3 Å². The third-order valence-electron chi connectivity index (χ3n) is 6.42. The molecule has 2 heterocycles. The number of amides is 1. The molecule has 0 aliphatic carbocycles. The van der Waals surface area contributed by atoms with Gasteiger partial charge in [-0.15, -0.1) is 0 Å². The zero-order valence-electron chi connectivity index (χ0n) is 22.1. The second kappa shape index (κ2) is 11.6. The van der Waals surface area contributed by atoms with Crippen molar-refractivity contribution in [1.29, 1.82) is 0 Å². The van der Waals surface area contributed by atoms with Gasteiger partial charge in [-0.2, -0.15) is 0 Å². The van der Waals surface area contributed by atoms with Gasteiger partial charge in [0, 0.05) is 22.6 Å². The van der Waals surface area contributed by atoms with Crippen molar-refractivity contribution in [2.75, 3.05) is 39.4 Å². The number of aromatic amines is 1. The average molecular weight is 530 g/mol. The third kappa shape index (κ3) is 6.05. The number of nitrogens with zero attached hydrogens (tertiary/aromatic N) is 1. The summed E-state index contributed by atoms with van der Waals surface area (Å²) in [5.41, 5.74) is 3.68. The number of anilines is 1. The van der Waals surface area contributed by atoms with Crippen LogP contribution in [-0.4, -0.2) is 50.1 Å². The number of imidazole rings is 1. The lowest BCUT2D eigenvalue weighted by Crippen LogP contribution is -2.41. The number of aromatic nitrogens is 2. The summed E-state index contributed by atoms with van der Waals surface area (Å²) in [6, 6.07) is 25.1. The van der Waals surface area contributed by atoms with Gasteiger partial charge in [0.25, 0.3) is 0 Å². The SMILES string of the molecule is COc1ccc(NC(=O)OC[C@]2(C)CO[C@H](c3nc(-c4ccccc4)c(-c4ccccc4)[nH]3)OC2)c(OC)c1. The molecule has 1 aromatic heterocycles. The van der Waals surface area contributed by atoms with Gasteiger partial charge in [-0.05, 0) is 12.1 Å². The van der Waals surface area contributed by atoms with Crippen LogP contribution in [0.25, 0.3) is 22.5 Å². The highest BCUT2D eigenvalue weighted by Crippen LogP contribution is 2.36. The molecular weight excluding hydrogens is 498 g/mol. The van der Waals surface area contributed by atoms with Gasteiger partial charge in [-0.3, -0.25) is 5.32 Å². The number of methoxy groups -OCH3 is 2. The standard InChI is InChI=1S/C30H31N3O6/c1-30(19-39-29(34)31-23-15-14-22(35-2)16-24(23)36-3)17-37-28(38-18-30)27-32-25(20-10-6-4-7-11-20)26(33-27)21-12-8-5-9-13-21/h4-16,28H,17-19H2,1-3H3,(H,31,34)(H,32,33)/t28-,30+. The molecule has 0 saturated carbocycles. The number of hydrogen-bond donors (Lipinski definition) is 2. The Balaban J connectivity index is 1.23. The van der Waals surface area contributed by atoms with Crippen molar-refractivity contribution in [3.8, 4) is 34.0 Å². The minimum Gasteiger partial charge on any atom is -0.497 e. The summed E-state index contributed by atoms with van der Waals surface area (Å²) in [6.07, 6.45) is -1.27. The van der Waals surface area contributed by atoms with E-state index in [1.165, 1.54) is 7.11 Å². The van der Waals surface area contributed by atoms with Crippen molar-refractivity contribution in [2.24, 2.45) is 5.41 Å². The first kappa shape index (κ1) is 26.3. The maximum atomic E-state index is 12.5. The predicted octanol–water partition coefficient (Wildman–Crippen LogP) is 6.06. The van der Waals surface area contributed by atoms with Gasteiger partial charge in [0.1, 0.15) is 18.1 Å². The van der Waals surface area contributed by atoms with Crippen molar-refractivity contribution in [3.05, 3.63) is 84.7 Å². The minimum atomic E-state index is -0.671.